The number of aromatic nitrogens is 2. The van der Waals surface area contributed by atoms with Gasteiger partial charge in [0.1, 0.15) is 11.4 Å². The summed E-state index contributed by atoms with van der Waals surface area (Å²) in [6, 6.07) is 2.74. The molecule has 0 saturated heterocycles. The van der Waals surface area contributed by atoms with Crippen LogP contribution >= 0.6 is 11.3 Å². The van der Waals surface area contributed by atoms with Crippen LogP contribution in [0, 0.1) is 0 Å². The fourth-order valence-corrected chi connectivity index (χ4v) is 3.61. The summed E-state index contributed by atoms with van der Waals surface area (Å²) in [5.41, 5.74) is -7.00. The highest BCUT2D eigenvalue weighted by Gasteiger charge is 2.68. The molecule has 0 bridgehead atoms. The van der Waals surface area contributed by atoms with Gasteiger partial charge in [0.15, 0.2) is 0 Å². The molecule has 1 aliphatic heterocycles. The molecule has 12 heteroatoms. The van der Waals surface area contributed by atoms with Crippen molar-refractivity contribution in [2.45, 2.75) is 38.0 Å². The Morgan fingerprint density at radius 3 is 2.61 bits per heavy atom. The number of carbonyl (C=O) groups is 2. The van der Waals surface area contributed by atoms with Gasteiger partial charge in [-0.2, -0.15) is 13.2 Å². The maximum Gasteiger partial charge on any atom is 0.425 e. The smallest absolute Gasteiger partial charge is 0.326 e. The van der Waals surface area contributed by atoms with Gasteiger partial charge in [-0.05, 0) is 17.9 Å². The third kappa shape index (κ3) is 2.93. The van der Waals surface area contributed by atoms with Crippen LogP contribution < -0.4 is 21.9 Å². The number of amides is 2. The molecule has 0 aromatic carbocycles. The first-order valence-electron chi connectivity index (χ1n) is 8.25. The van der Waals surface area contributed by atoms with Crippen LogP contribution in [0.4, 0.5) is 19.0 Å². The number of alkyl halides is 3. The van der Waals surface area contributed by atoms with E-state index in [2.05, 4.69) is 0 Å². The lowest BCUT2D eigenvalue weighted by atomic mass is 9.92. The summed E-state index contributed by atoms with van der Waals surface area (Å²) in [4.78, 5) is 51.0. The van der Waals surface area contributed by atoms with Gasteiger partial charge in [0.25, 0.3) is 22.9 Å². The predicted octanol–water partition coefficient (Wildman–Crippen LogP) is 1.54. The van der Waals surface area contributed by atoms with Gasteiger partial charge < -0.3 is 10.6 Å². The van der Waals surface area contributed by atoms with Crippen LogP contribution in [0.25, 0.3) is 0 Å². The Bertz CT molecular complexity index is 1040. The summed E-state index contributed by atoms with van der Waals surface area (Å²) in [5, 5.41) is 5.14. The number of hydrogen-bond acceptors (Lipinski definition) is 5. The molecule has 1 atom stereocenters. The van der Waals surface area contributed by atoms with Crippen molar-refractivity contribution in [2.24, 2.45) is 0 Å². The number of fused-ring (bicyclic) bond motifs is 1. The molecule has 8 nitrogen and oxygen atoms in total. The van der Waals surface area contributed by atoms with Gasteiger partial charge in [-0.3, -0.25) is 23.9 Å². The van der Waals surface area contributed by atoms with Crippen molar-refractivity contribution in [3.05, 3.63) is 48.8 Å². The van der Waals surface area contributed by atoms with Gasteiger partial charge in [0.05, 0.1) is 4.88 Å². The van der Waals surface area contributed by atoms with Crippen LogP contribution in [0.2, 0.25) is 0 Å². The fraction of sp³-hybridized carbons (Fsp3) is 0.375. The lowest BCUT2D eigenvalue weighted by Crippen LogP contribution is -2.62. The van der Waals surface area contributed by atoms with Crippen molar-refractivity contribution < 1.29 is 22.8 Å². The molecule has 1 aliphatic rings. The van der Waals surface area contributed by atoms with E-state index in [0.29, 0.717) is 12.8 Å². The van der Waals surface area contributed by atoms with Crippen LogP contribution in [-0.2, 0) is 16.9 Å². The average Bonchev–Trinajstić information content (AvgIpc) is 3.22. The minimum absolute atomic E-state index is 0.0124. The Morgan fingerprint density at radius 2 is 2.04 bits per heavy atom. The number of H-pyrrole nitrogens is 1. The van der Waals surface area contributed by atoms with E-state index in [0.717, 1.165) is 15.9 Å². The zero-order valence-electron chi connectivity index (χ0n) is 14.5. The number of unbranched alkanes of at least 4 members (excludes halogenated alkanes) is 1. The molecule has 0 fully saturated rings. The zero-order valence-corrected chi connectivity index (χ0v) is 15.3. The summed E-state index contributed by atoms with van der Waals surface area (Å²) in [6.45, 7) is 1.79. The normalized spacial score (nSPS) is 18.6. The van der Waals surface area contributed by atoms with E-state index >= 15 is 0 Å². The van der Waals surface area contributed by atoms with Gasteiger partial charge in [-0.15, -0.1) is 11.3 Å². The van der Waals surface area contributed by atoms with E-state index in [9.17, 15) is 32.3 Å². The van der Waals surface area contributed by atoms with Crippen molar-refractivity contribution in [2.75, 3.05) is 5.32 Å². The molecule has 2 amide bonds. The fourth-order valence-electron chi connectivity index (χ4n) is 2.99. The van der Waals surface area contributed by atoms with Crippen LogP contribution in [-0.4, -0.2) is 27.5 Å². The molecule has 0 unspecified atom stereocenters. The molecular formula is C16H15F3N4O4S. The number of rotatable bonds is 5. The molecule has 3 heterocycles. The van der Waals surface area contributed by atoms with Gasteiger partial charge in [-0.25, -0.2) is 4.79 Å². The Labute approximate surface area is 159 Å². The van der Waals surface area contributed by atoms with Crippen molar-refractivity contribution in [3.8, 4) is 0 Å². The summed E-state index contributed by atoms with van der Waals surface area (Å²) < 4.78 is 43.2. The summed E-state index contributed by atoms with van der Waals surface area (Å²) >= 11 is 0.875. The van der Waals surface area contributed by atoms with Crippen LogP contribution in [0.3, 0.4) is 0 Å². The van der Waals surface area contributed by atoms with Crippen molar-refractivity contribution in [1.82, 2.24) is 14.9 Å². The quantitative estimate of drug-likeness (QED) is 0.686. The highest BCUT2D eigenvalue weighted by molar-refractivity contribution is 7.12. The standard InChI is InChI=1S/C16H15F3N4O4S/c1-2-3-6-23-10-9(12(25)21-14(23)27)15(13(26)20-10,16(17,18)19)22-11(24)8-5-4-7-28-8/h4-5,7H,2-3,6H2,1H3,(H,20,26)(H,22,24)(H,21,25,27)/t15-/m1/s1. The van der Waals surface area contributed by atoms with E-state index in [1.54, 1.807) is 12.2 Å². The largest absolute Gasteiger partial charge is 0.425 e. The molecule has 2 aromatic heterocycles. The first-order valence-corrected chi connectivity index (χ1v) is 9.13. The Hall–Kier alpha value is -2.89. The number of anilines is 1. The topological polar surface area (TPSA) is 113 Å². The van der Waals surface area contributed by atoms with E-state index in [1.165, 1.54) is 17.5 Å². The molecule has 0 spiro atoms. The maximum absolute atomic E-state index is 14.1. The number of thiophene rings is 1. The molecule has 3 N–H and O–H groups in total. The Kier molecular flexibility index (Phi) is 4.91. The van der Waals surface area contributed by atoms with E-state index in [1.807, 2.05) is 10.3 Å². The summed E-state index contributed by atoms with van der Waals surface area (Å²) in [7, 11) is 0. The van der Waals surface area contributed by atoms with E-state index < -0.39 is 46.2 Å². The van der Waals surface area contributed by atoms with E-state index in [4.69, 9.17) is 0 Å². The number of aromatic amines is 1. The number of nitrogens with one attached hydrogen (secondary N) is 3. The third-order valence-electron chi connectivity index (χ3n) is 4.35. The van der Waals surface area contributed by atoms with Gasteiger partial charge in [0.2, 0.25) is 0 Å². The lowest BCUT2D eigenvalue weighted by Gasteiger charge is -2.29. The maximum atomic E-state index is 14.1. The third-order valence-corrected chi connectivity index (χ3v) is 5.22. The zero-order chi connectivity index (χ0) is 20.7. The van der Waals surface area contributed by atoms with Gasteiger partial charge in [-0.1, -0.05) is 19.4 Å². The first kappa shape index (κ1) is 19.9. The number of carbonyl (C=O) groups excluding carboxylic acids is 2. The van der Waals surface area contributed by atoms with Gasteiger partial charge in [0, 0.05) is 6.54 Å². The van der Waals surface area contributed by atoms with Crippen LogP contribution in [0.1, 0.15) is 35.0 Å². The predicted molar refractivity (Wildman–Crippen MR) is 94.4 cm³/mol. The SMILES string of the molecule is CCCCn1c2c(c(=O)[nH]c1=O)[C@](NC(=O)c1cccs1)(C(F)(F)F)C(=O)N2. The van der Waals surface area contributed by atoms with Crippen LogP contribution in [0.15, 0.2) is 27.1 Å². The minimum Gasteiger partial charge on any atom is -0.326 e. The Morgan fingerprint density at radius 1 is 1.32 bits per heavy atom. The molecule has 0 saturated carbocycles. The summed E-state index contributed by atoms with van der Waals surface area (Å²) in [6.07, 6.45) is -4.29. The summed E-state index contributed by atoms with van der Waals surface area (Å²) in [5.74, 6) is -3.38. The number of hydrogen-bond donors (Lipinski definition) is 3. The molecule has 0 radical (unpaired) electrons. The van der Waals surface area contributed by atoms with Crippen LogP contribution in [0.5, 0.6) is 0 Å². The number of nitrogens with zero attached hydrogens (tertiary/aromatic N) is 1. The van der Waals surface area contributed by atoms with Crippen molar-refractivity contribution in [3.63, 3.8) is 0 Å². The molecule has 150 valence electrons. The monoisotopic (exact) mass is 416 g/mol. The molecule has 0 aliphatic carbocycles. The second kappa shape index (κ2) is 6.93. The van der Waals surface area contributed by atoms with Gasteiger partial charge >= 0.3 is 11.9 Å². The second-order valence-electron chi connectivity index (χ2n) is 6.12. The minimum atomic E-state index is -5.34. The molecule has 2 aromatic rings. The lowest BCUT2D eigenvalue weighted by molar-refractivity contribution is -0.196. The molecule has 3 rings (SSSR count). The van der Waals surface area contributed by atoms with E-state index in [-0.39, 0.29) is 11.4 Å². The van der Waals surface area contributed by atoms with Crippen molar-refractivity contribution in [1.29, 1.82) is 0 Å². The average molecular weight is 416 g/mol. The highest BCUT2D eigenvalue weighted by atomic mass is 32.1. The molecule has 28 heavy (non-hydrogen) atoms. The first-order chi connectivity index (χ1) is 13.1. The highest BCUT2D eigenvalue weighted by Crippen LogP contribution is 2.45. The van der Waals surface area contributed by atoms with Crippen molar-refractivity contribution >= 4 is 29.0 Å². The Balaban J connectivity index is 2.24. The second-order valence-corrected chi connectivity index (χ2v) is 7.07. The molecular weight excluding hydrogens is 401 g/mol. The number of halogens is 3.